The van der Waals surface area contributed by atoms with Crippen LogP contribution in [0.3, 0.4) is 0 Å². The molecule has 0 aliphatic rings. The molecule has 0 fully saturated rings. The molecule has 134 valence electrons. The van der Waals surface area contributed by atoms with Crippen molar-refractivity contribution in [2.75, 3.05) is 0 Å². The average molecular weight is 386 g/mol. The van der Waals surface area contributed by atoms with E-state index in [1.54, 1.807) is 0 Å². The maximum absolute atomic E-state index is 14.3. The third kappa shape index (κ3) is 2.61. The highest BCUT2D eigenvalue weighted by molar-refractivity contribution is 7.84. The molecule has 0 aliphatic heterocycles. The average Bonchev–Trinajstić information content (AvgIpc) is 3.05. The molecule has 0 aliphatic carbocycles. The molecule has 0 atom stereocenters. The van der Waals surface area contributed by atoms with Gasteiger partial charge in [-0.05, 0) is 24.3 Å². The van der Waals surface area contributed by atoms with E-state index in [1.165, 1.54) is 24.3 Å². The van der Waals surface area contributed by atoms with Crippen molar-refractivity contribution in [3.63, 3.8) is 0 Å². The number of hydrogen-bond donors (Lipinski definition) is 1. The first-order chi connectivity index (χ1) is 12.8. The van der Waals surface area contributed by atoms with Crippen molar-refractivity contribution < 1.29 is 21.8 Å². The topological polar surface area (TPSA) is 109 Å². The Morgan fingerprint density at radius 1 is 1.11 bits per heavy atom. The van der Waals surface area contributed by atoms with Crippen molar-refractivity contribution in [1.82, 2.24) is 14.2 Å². The van der Waals surface area contributed by atoms with Gasteiger partial charge in [-0.25, -0.2) is 13.8 Å². The lowest BCUT2D eigenvalue weighted by atomic mass is 10.00. The first-order valence-corrected chi connectivity index (χ1v) is 8.85. The second-order valence-electron chi connectivity index (χ2n) is 5.63. The van der Waals surface area contributed by atoms with Crippen molar-refractivity contribution in [2.24, 2.45) is 0 Å². The maximum atomic E-state index is 14.3. The van der Waals surface area contributed by atoms with E-state index in [9.17, 15) is 21.8 Å². The van der Waals surface area contributed by atoms with E-state index in [0.29, 0.717) is 4.09 Å². The molecule has 4 rings (SSSR count). The molecule has 2 aromatic carbocycles. The minimum atomic E-state index is -4.73. The lowest BCUT2D eigenvalue weighted by Crippen LogP contribution is -2.12. The number of pyridine rings is 1. The van der Waals surface area contributed by atoms with Crippen molar-refractivity contribution in [1.29, 1.82) is 5.26 Å². The van der Waals surface area contributed by atoms with Crippen molar-refractivity contribution >= 4 is 32.1 Å². The minimum absolute atomic E-state index is 0.00230. The lowest BCUT2D eigenvalue weighted by Gasteiger charge is -2.10. The van der Waals surface area contributed by atoms with Crippen LogP contribution in [0.5, 0.6) is 0 Å². The molecule has 4 aromatic rings. The highest BCUT2D eigenvalue weighted by atomic mass is 32.2. The van der Waals surface area contributed by atoms with Gasteiger partial charge >= 0.3 is 10.3 Å². The van der Waals surface area contributed by atoms with Gasteiger partial charge in [0.15, 0.2) is 0 Å². The van der Waals surface area contributed by atoms with Gasteiger partial charge in [-0.1, -0.05) is 12.1 Å². The molecule has 0 spiro atoms. The Morgan fingerprint density at radius 2 is 1.81 bits per heavy atom. The van der Waals surface area contributed by atoms with Gasteiger partial charge in [-0.2, -0.15) is 18.8 Å². The van der Waals surface area contributed by atoms with E-state index >= 15 is 0 Å². The number of nitrogens with zero attached hydrogens (tertiary/aromatic N) is 4. The third-order valence-corrected chi connectivity index (χ3v) is 4.74. The van der Waals surface area contributed by atoms with Crippen LogP contribution in [0.4, 0.5) is 8.78 Å². The molecule has 0 bridgehead atoms. The van der Waals surface area contributed by atoms with E-state index < -0.39 is 27.5 Å². The molecule has 1 N–H and O–H groups in total. The van der Waals surface area contributed by atoms with Gasteiger partial charge in [0.05, 0.1) is 29.1 Å². The predicted octanol–water partition coefficient (Wildman–Crippen LogP) is 3.05. The van der Waals surface area contributed by atoms with Crippen molar-refractivity contribution in [2.45, 2.75) is 0 Å². The second kappa shape index (κ2) is 5.80. The highest BCUT2D eigenvalue weighted by Gasteiger charge is 2.22. The molecule has 7 nitrogen and oxygen atoms in total. The number of hydrogen-bond acceptors (Lipinski definition) is 5. The molecule has 27 heavy (non-hydrogen) atoms. The maximum Gasteiger partial charge on any atom is 0.379 e. The van der Waals surface area contributed by atoms with Gasteiger partial charge < -0.3 is 0 Å². The summed E-state index contributed by atoms with van der Waals surface area (Å²) in [6, 6.07) is 9.38. The van der Waals surface area contributed by atoms with Crippen LogP contribution in [-0.2, 0) is 10.3 Å². The number of aromatic nitrogens is 3. The van der Waals surface area contributed by atoms with E-state index in [2.05, 4.69) is 10.1 Å². The summed E-state index contributed by atoms with van der Waals surface area (Å²) in [5.74, 6) is -1.74. The van der Waals surface area contributed by atoms with E-state index in [4.69, 9.17) is 5.26 Å². The van der Waals surface area contributed by atoms with Crippen LogP contribution in [0, 0.1) is 23.0 Å². The molecule has 0 saturated heterocycles. The van der Waals surface area contributed by atoms with Crippen LogP contribution in [0.15, 0.2) is 42.6 Å². The zero-order valence-electron chi connectivity index (χ0n) is 13.3. The Labute approximate surface area is 151 Å². The zero-order valence-corrected chi connectivity index (χ0v) is 14.1. The summed E-state index contributed by atoms with van der Waals surface area (Å²) in [6.07, 6.45) is 1.06. The fraction of sp³-hybridized carbons (Fsp3) is 0. The number of benzene rings is 2. The third-order valence-electron chi connectivity index (χ3n) is 4.03. The summed E-state index contributed by atoms with van der Waals surface area (Å²) in [4.78, 5) is 4.16. The van der Waals surface area contributed by atoms with Crippen LogP contribution >= 0.6 is 0 Å². The quantitative estimate of drug-likeness (QED) is 0.531. The summed E-state index contributed by atoms with van der Waals surface area (Å²) in [7, 11) is -4.73. The van der Waals surface area contributed by atoms with E-state index in [-0.39, 0.29) is 33.1 Å². The summed E-state index contributed by atoms with van der Waals surface area (Å²) < 4.78 is 61.6. The van der Waals surface area contributed by atoms with Gasteiger partial charge in [0.2, 0.25) is 0 Å². The molecule has 10 heteroatoms. The Kier molecular flexibility index (Phi) is 3.66. The number of rotatable bonds is 2. The molecule has 2 heterocycles. The summed E-state index contributed by atoms with van der Waals surface area (Å²) in [6.45, 7) is 0. The van der Waals surface area contributed by atoms with Crippen molar-refractivity contribution in [3.8, 4) is 17.3 Å². The molecular weight excluding hydrogens is 378 g/mol. The first-order valence-electron chi connectivity index (χ1n) is 7.45. The molecular formula is C17H8F2N4O3S. The Hall–Kier alpha value is -3.42. The molecule has 0 saturated carbocycles. The number of nitriles is 1. The second-order valence-corrected chi connectivity index (χ2v) is 6.87. The number of fused-ring (bicyclic) bond motifs is 3. The summed E-state index contributed by atoms with van der Waals surface area (Å²) in [5, 5.41) is 13.1. The van der Waals surface area contributed by atoms with Crippen LogP contribution in [-0.4, -0.2) is 27.1 Å². The normalized spacial score (nSPS) is 11.8. The molecule has 0 amide bonds. The first kappa shape index (κ1) is 17.0. The minimum Gasteiger partial charge on any atom is -0.268 e. The molecule has 0 unspecified atom stereocenters. The largest absolute Gasteiger partial charge is 0.379 e. The SMILES string of the molecule is N#Cc1ccc2c(c1)c(-c1c(F)cccc1F)nc1cnn(S(=O)(=O)O)c12. The van der Waals surface area contributed by atoms with Crippen LogP contribution in [0.2, 0.25) is 0 Å². The Balaban J connectivity index is 2.25. The van der Waals surface area contributed by atoms with Crippen LogP contribution in [0.1, 0.15) is 5.56 Å². The zero-order chi connectivity index (χ0) is 19.3. The highest BCUT2D eigenvalue weighted by Crippen LogP contribution is 2.35. The van der Waals surface area contributed by atoms with Crippen LogP contribution < -0.4 is 0 Å². The Bertz CT molecular complexity index is 1370. The monoisotopic (exact) mass is 386 g/mol. The van der Waals surface area contributed by atoms with Gasteiger partial charge in [-0.15, -0.1) is 4.09 Å². The summed E-state index contributed by atoms with van der Waals surface area (Å²) >= 11 is 0. The fourth-order valence-corrected chi connectivity index (χ4v) is 3.52. The van der Waals surface area contributed by atoms with E-state index in [1.807, 2.05) is 6.07 Å². The Morgan fingerprint density at radius 3 is 2.44 bits per heavy atom. The van der Waals surface area contributed by atoms with Gasteiger partial charge in [0.25, 0.3) is 0 Å². The standard InChI is InChI=1S/C17H8F2N4O3S/c18-12-2-1-3-13(19)15(12)16-11-6-9(7-20)4-5-10(11)17-14(22-16)8-21-23(17)27(24,25)26/h1-6,8H,(H,24,25,26). The predicted molar refractivity (Wildman–Crippen MR) is 92.0 cm³/mol. The number of halogens is 2. The fourth-order valence-electron chi connectivity index (χ4n) is 2.93. The molecule has 2 aromatic heterocycles. The molecule has 0 radical (unpaired) electrons. The van der Waals surface area contributed by atoms with Gasteiger partial charge in [0.1, 0.15) is 22.7 Å². The van der Waals surface area contributed by atoms with Gasteiger partial charge in [-0.3, -0.25) is 4.55 Å². The van der Waals surface area contributed by atoms with Gasteiger partial charge in [0, 0.05) is 10.8 Å². The lowest BCUT2D eigenvalue weighted by molar-refractivity contribution is 0.468. The van der Waals surface area contributed by atoms with Crippen LogP contribution in [0.25, 0.3) is 33.1 Å². The summed E-state index contributed by atoms with van der Waals surface area (Å²) in [5.41, 5.74) is -0.418. The smallest absolute Gasteiger partial charge is 0.268 e. The van der Waals surface area contributed by atoms with Crippen molar-refractivity contribution in [3.05, 3.63) is 59.8 Å². The van der Waals surface area contributed by atoms with E-state index in [0.717, 1.165) is 18.3 Å².